The van der Waals surface area contributed by atoms with Gasteiger partial charge < -0.3 is 10.1 Å². The maximum Gasteiger partial charge on any atom is 0.268 e. The summed E-state index contributed by atoms with van der Waals surface area (Å²) in [4.78, 5) is 26.6. The van der Waals surface area contributed by atoms with Crippen LogP contribution in [0.2, 0.25) is 0 Å². The molecular weight excluding hydrogens is 366 g/mol. The number of fused-ring (bicyclic) bond motifs is 1. The lowest BCUT2D eigenvalue weighted by Crippen LogP contribution is -2.49. The van der Waals surface area contributed by atoms with Crippen molar-refractivity contribution in [1.82, 2.24) is 5.32 Å². The van der Waals surface area contributed by atoms with E-state index >= 15 is 0 Å². The highest BCUT2D eigenvalue weighted by molar-refractivity contribution is 6.03. The van der Waals surface area contributed by atoms with E-state index in [4.69, 9.17) is 4.74 Å². The SMILES string of the molecule is CC1Oc2ccccc2N(CC(=O)NC(C#N)c2ccc(C(C)(C)C)cc2)C1=O. The van der Waals surface area contributed by atoms with E-state index in [0.717, 1.165) is 5.56 Å². The van der Waals surface area contributed by atoms with Gasteiger partial charge >= 0.3 is 0 Å². The van der Waals surface area contributed by atoms with E-state index in [1.807, 2.05) is 30.3 Å². The number of para-hydroxylation sites is 2. The average Bonchev–Trinajstić information content (AvgIpc) is 2.69. The molecule has 2 amide bonds. The summed E-state index contributed by atoms with van der Waals surface area (Å²) in [6, 6.07) is 16.1. The maximum atomic E-state index is 12.6. The van der Waals surface area contributed by atoms with Crippen LogP contribution >= 0.6 is 0 Å². The van der Waals surface area contributed by atoms with Gasteiger partial charge in [0, 0.05) is 0 Å². The molecule has 2 atom stereocenters. The van der Waals surface area contributed by atoms with Crippen molar-refractivity contribution in [3.63, 3.8) is 0 Å². The fourth-order valence-corrected chi connectivity index (χ4v) is 3.24. The lowest BCUT2D eigenvalue weighted by molar-refractivity contribution is -0.128. The number of nitrogens with one attached hydrogen (secondary N) is 1. The normalized spacial score (nSPS) is 17.0. The molecule has 0 saturated heterocycles. The van der Waals surface area contributed by atoms with Crippen LogP contribution in [0, 0.1) is 11.3 Å². The lowest BCUT2D eigenvalue weighted by Gasteiger charge is -2.32. The molecule has 1 N–H and O–H groups in total. The Kier molecular flexibility index (Phi) is 5.60. The predicted octanol–water partition coefficient (Wildman–Crippen LogP) is 3.48. The average molecular weight is 391 g/mol. The summed E-state index contributed by atoms with van der Waals surface area (Å²) in [5.41, 5.74) is 2.41. The molecular formula is C23H25N3O3. The molecule has 1 aliphatic rings. The van der Waals surface area contributed by atoms with Crippen molar-refractivity contribution >= 4 is 17.5 Å². The second kappa shape index (κ2) is 7.96. The molecule has 2 unspecified atom stereocenters. The van der Waals surface area contributed by atoms with Crippen molar-refractivity contribution in [2.75, 3.05) is 11.4 Å². The summed E-state index contributed by atoms with van der Waals surface area (Å²) in [5.74, 6) is -0.141. The molecule has 0 aliphatic carbocycles. The van der Waals surface area contributed by atoms with Crippen molar-refractivity contribution in [2.45, 2.75) is 45.3 Å². The minimum atomic E-state index is -0.791. The number of ether oxygens (including phenoxy) is 1. The molecule has 150 valence electrons. The Hall–Kier alpha value is -3.33. The van der Waals surface area contributed by atoms with Crippen LogP contribution in [-0.2, 0) is 15.0 Å². The van der Waals surface area contributed by atoms with Crippen molar-refractivity contribution in [2.24, 2.45) is 0 Å². The lowest BCUT2D eigenvalue weighted by atomic mass is 9.86. The van der Waals surface area contributed by atoms with Crippen molar-refractivity contribution in [3.05, 3.63) is 59.7 Å². The summed E-state index contributed by atoms with van der Waals surface area (Å²) in [5, 5.41) is 12.3. The smallest absolute Gasteiger partial charge is 0.268 e. The number of benzene rings is 2. The first-order valence-corrected chi connectivity index (χ1v) is 9.57. The van der Waals surface area contributed by atoms with Crippen LogP contribution in [0.5, 0.6) is 5.75 Å². The fourth-order valence-electron chi connectivity index (χ4n) is 3.24. The Morgan fingerprint density at radius 2 is 1.86 bits per heavy atom. The molecule has 0 spiro atoms. The predicted molar refractivity (Wildman–Crippen MR) is 111 cm³/mol. The summed E-state index contributed by atoms with van der Waals surface area (Å²) in [6.45, 7) is 7.82. The zero-order valence-corrected chi connectivity index (χ0v) is 17.1. The molecule has 0 saturated carbocycles. The van der Waals surface area contributed by atoms with Crippen LogP contribution in [0.25, 0.3) is 0 Å². The highest BCUT2D eigenvalue weighted by Gasteiger charge is 2.32. The second-order valence-electron chi connectivity index (χ2n) is 8.15. The topological polar surface area (TPSA) is 82.4 Å². The number of nitrogens with zero attached hydrogens (tertiary/aromatic N) is 2. The van der Waals surface area contributed by atoms with E-state index in [1.54, 1.807) is 25.1 Å². The van der Waals surface area contributed by atoms with Gasteiger partial charge in [-0.2, -0.15) is 5.26 Å². The largest absolute Gasteiger partial charge is 0.479 e. The monoisotopic (exact) mass is 391 g/mol. The number of amides is 2. The van der Waals surface area contributed by atoms with Gasteiger partial charge in [-0.25, -0.2) is 0 Å². The first-order chi connectivity index (χ1) is 13.7. The molecule has 2 aromatic rings. The number of rotatable bonds is 4. The van der Waals surface area contributed by atoms with Gasteiger partial charge in [-0.1, -0.05) is 57.2 Å². The van der Waals surface area contributed by atoms with Crippen LogP contribution in [0.3, 0.4) is 0 Å². The van der Waals surface area contributed by atoms with E-state index in [0.29, 0.717) is 17.0 Å². The Morgan fingerprint density at radius 3 is 2.48 bits per heavy atom. The first-order valence-electron chi connectivity index (χ1n) is 9.57. The van der Waals surface area contributed by atoms with Crippen LogP contribution < -0.4 is 15.0 Å². The number of carbonyl (C=O) groups is 2. The molecule has 6 nitrogen and oxygen atoms in total. The van der Waals surface area contributed by atoms with Gasteiger partial charge in [0.2, 0.25) is 5.91 Å². The Bertz CT molecular complexity index is 955. The third kappa shape index (κ3) is 4.40. The third-order valence-corrected chi connectivity index (χ3v) is 4.92. The van der Waals surface area contributed by atoms with E-state index < -0.39 is 18.1 Å². The van der Waals surface area contributed by atoms with Gasteiger partial charge in [0.05, 0.1) is 11.8 Å². The Balaban J connectivity index is 1.74. The summed E-state index contributed by atoms with van der Waals surface area (Å²) in [6.07, 6.45) is -0.672. The van der Waals surface area contributed by atoms with Gasteiger partial charge in [0.15, 0.2) is 6.10 Å². The third-order valence-electron chi connectivity index (χ3n) is 4.92. The summed E-state index contributed by atoms with van der Waals surface area (Å²) < 4.78 is 5.59. The van der Waals surface area contributed by atoms with E-state index in [-0.39, 0.29) is 17.9 Å². The molecule has 0 bridgehead atoms. The molecule has 1 aliphatic heterocycles. The maximum absolute atomic E-state index is 12.6. The number of nitriles is 1. The standard InChI is InChI=1S/C23H25N3O3/c1-15-22(28)26(19-7-5-6-8-20(19)29-15)14-21(27)25-18(13-24)16-9-11-17(12-10-16)23(2,3)4/h5-12,15,18H,14H2,1-4H3,(H,25,27). The minimum absolute atomic E-state index is 0.00466. The molecule has 0 radical (unpaired) electrons. The van der Waals surface area contributed by atoms with Crippen LogP contribution in [0.1, 0.15) is 44.9 Å². The molecule has 6 heteroatoms. The molecule has 2 aromatic carbocycles. The zero-order valence-electron chi connectivity index (χ0n) is 17.1. The molecule has 0 fully saturated rings. The van der Waals surface area contributed by atoms with Gasteiger partial charge in [-0.05, 0) is 35.6 Å². The zero-order chi connectivity index (χ0) is 21.2. The molecule has 1 heterocycles. The fraction of sp³-hybridized carbons (Fsp3) is 0.348. The van der Waals surface area contributed by atoms with Crippen LogP contribution in [-0.4, -0.2) is 24.5 Å². The Morgan fingerprint density at radius 1 is 1.21 bits per heavy atom. The minimum Gasteiger partial charge on any atom is -0.479 e. The molecule has 29 heavy (non-hydrogen) atoms. The van der Waals surface area contributed by atoms with E-state index in [9.17, 15) is 14.9 Å². The number of anilines is 1. The highest BCUT2D eigenvalue weighted by Crippen LogP contribution is 2.33. The first kappa shape index (κ1) is 20.4. The van der Waals surface area contributed by atoms with Crippen LogP contribution in [0.15, 0.2) is 48.5 Å². The van der Waals surface area contributed by atoms with Crippen molar-refractivity contribution < 1.29 is 14.3 Å². The number of hydrogen-bond acceptors (Lipinski definition) is 4. The summed E-state index contributed by atoms with van der Waals surface area (Å²) in [7, 11) is 0. The van der Waals surface area contributed by atoms with Gasteiger partial charge in [-0.3, -0.25) is 14.5 Å². The van der Waals surface area contributed by atoms with Crippen LogP contribution in [0.4, 0.5) is 5.69 Å². The molecule has 3 rings (SSSR count). The van der Waals surface area contributed by atoms with Crippen molar-refractivity contribution in [3.8, 4) is 11.8 Å². The van der Waals surface area contributed by atoms with Crippen molar-refractivity contribution in [1.29, 1.82) is 5.26 Å². The highest BCUT2D eigenvalue weighted by atomic mass is 16.5. The number of hydrogen-bond donors (Lipinski definition) is 1. The van der Waals surface area contributed by atoms with Gasteiger partial charge in [0.1, 0.15) is 18.3 Å². The van der Waals surface area contributed by atoms with Gasteiger partial charge in [-0.15, -0.1) is 0 Å². The van der Waals surface area contributed by atoms with E-state index in [2.05, 4.69) is 32.2 Å². The quantitative estimate of drug-likeness (QED) is 0.865. The summed E-state index contributed by atoms with van der Waals surface area (Å²) >= 11 is 0. The van der Waals surface area contributed by atoms with Gasteiger partial charge in [0.25, 0.3) is 5.91 Å². The Labute approximate surface area is 171 Å². The second-order valence-corrected chi connectivity index (χ2v) is 8.15. The molecule has 0 aromatic heterocycles. The number of carbonyl (C=O) groups excluding carboxylic acids is 2. The van der Waals surface area contributed by atoms with E-state index in [1.165, 1.54) is 4.90 Å².